The van der Waals surface area contributed by atoms with Gasteiger partial charge in [0.05, 0.1) is 18.1 Å². The molecule has 2 aliphatic rings. The molecule has 2 fully saturated rings. The summed E-state index contributed by atoms with van der Waals surface area (Å²) in [6.45, 7) is 7.05. The Kier molecular flexibility index (Phi) is 2.45. The fraction of sp³-hybridized carbons (Fsp3) is 0.667. The maximum Gasteiger partial charge on any atom is 0.143 e. The summed E-state index contributed by atoms with van der Waals surface area (Å²) < 4.78 is 13.2. The van der Waals surface area contributed by atoms with E-state index >= 15 is 0 Å². The molecule has 3 rings (SSSR count). The van der Waals surface area contributed by atoms with E-state index in [1.54, 1.807) is 12.3 Å². The van der Waals surface area contributed by atoms with Gasteiger partial charge in [-0.05, 0) is 36.0 Å². The van der Waals surface area contributed by atoms with E-state index in [1.807, 2.05) is 0 Å². The van der Waals surface area contributed by atoms with Gasteiger partial charge in [0.2, 0.25) is 0 Å². The molecule has 2 nitrogen and oxygen atoms in total. The van der Waals surface area contributed by atoms with Crippen LogP contribution in [0.15, 0.2) is 18.5 Å². The first-order valence-corrected chi connectivity index (χ1v) is 6.79. The Morgan fingerprint density at radius 3 is 2.72 bits per heavy atom. The van der Waals surface area contributed by atoms with Gasteiger partial charge in [-0.1, -0.05) is 20.8 Å². The van der Waals surface area contributed by atoms with Gasteiger partial charge in [-0.3, -0.25) is 4.98 Å². The summed E-state index contributed by atoms with van der Waals surface area (Å²) in [5.41, 5.74) is 1.43. The van der Waals surface area contributed by atoms with Crippen molar-refractivity contribution in [2.24, 2.45) is 16.7 Å². The second-order valence-electron chi connectivity index (χ2n) is 6.88. The molecule has 3 heteroatoms. The third-order valence-corrected chi connectivity index (χ3v) is 5.29. The molecule has 1 aromatic rings. The number of anilines is 1. The summed E-state index contributed by atoms with van der Waals surface area (Å²) in [5.74, 6) is 0.521. The van der Waals surface area contributed by atoms with Crippen LogP contribution in [-0.4, -0.2) is 11.0 Å². The fourth-order valence-electron chi connectivity index (χ4n) is 4.32. The van der Waals surface area contributed by atoms with Crippen molar-refractivity contribution < 1.29 is 4.39 Å². The smallest absolute Gasteiger partial charge is 0.143 e. The van der Waals surface area contributed by atoms with Crippen molar-refractivity contribution in [3.63, 3.8) is 0 Å². The lowest BCUT2D eigenvalue weighted by Crippen LogP contribution is -2.45. The number of hydrogen-bond donors (Lipinski definition) is 1. The highest BCUT2D eigenvalue weighted by Crippen LogP contribution is 2.63. The zero-order valence-electron chi connectivity index (χ0n) is 11.3. The Labute approximate surface area is 108 Å². The van der Waals surface area contributed by atoms with Crippen LogP contribution in [0.2, 0.25) is 0 Å². The predicted octanol–water partition coefficient (Wildman–Crippen LogP) is 3.85. The SMILES string of the molecule is CC1(C)C(Nc2cncc(F)c2)[C@]2(C)CC[C@H]1C2. The highest BCUT2D eigenvalue weighted by Gasteiger charge is 2.59. The molecule has 1 N–H and O–H groups in total. The minimum atomic E-state index is -0.272. The molecule has 3 atom stereocenters. The van der Waals surface area contributed by atoms with E-state index in [-0.39, 0.29) is 11.2 Å². The van der Waals surface area contributed by atoms with Gasteiger partial charge in [0.15, 0.2) is 0 Å². The van der Waals surface area contributed by atoms with Crippen LogP contribution < -0.4 is 5.32 Å². The van der Waals surface area contributed by atoms with Crippen molar-refractivity contribution in [3.05, 3.63) is 24.3 Å². The van der Waals surface area contributed by atoms with Gasteiger partial charge >= 0.3 is 0 Å². The maximum atomic E-state index is 13.2. The van der Waals surface area contributed by atoms with Crippen LogP contribution in [0.25, 0.3) is 0 Å². The number of aromatic nitrogens is 1. The monoisotopic (exact) mass is 248 g/mol. The van der Waals surface area contributed by atoms with E-state index < -0.39 is 0 Å². The Morgan fingerprint density at radius 2 is 2.11 bits per heavy atom. The summed E-state index contributed by atoms with van der Waals surface area (Å²) >= 11 is 0. The quantitative estimate of drug-likeness (QED) is 0.860. The molecule has 0 aliphatic heterocycles. The van der Waals surface area contributed by atoms with Crippen molar-refractivity contribution >= 4 is 5.69 Å². The number of pyridine rings is 1. The molecule has 0 amide bonds. The van der Waals surface area contributed by atoms with Gasteiger partial charge in [0, 0.05) is 12.1 Å². The Hall–Kier alpha value is -1.12. The van der Waals surface area contributed by atoms with E-state index in [1.165, 1.54) is 25.5 Å². The number of nitrogens with one attached hydrogen (secondary N) is 1. The minimum Gasteiger partial charge on any atom is -0.380 e. The van der Waals surface area contributed by atoms with Crippen LogP contribution in [0.4, 0.5) is 10.1 Å². The highest BCUT2D eigenvalue weighted by atomic mass is 19.1. The van der Waals surface area contributed by atoms with Crippen LogP contribution in [0.1, 0.15) is 40.0 Å². The van der Waals surface area contributed by atoms with Crippen molar-refractivity contribution in [2.75, 3.05) is 5.32 Å². The van der Waals surface area contributed by atoms with Gasteiger partial charge in [-0.15, -0.1) is 0 Å². The number of hydrogen-bond acceptors (Lipinski definition) is 2. The van der Waals surface area contributed by atoms with Gasteiger partial charge < -0.3 is 5.32 Å². The van der Waals surface area contributed by atoms with Crippen molar-refractivity contribution in [1.29, 1.82) is 0 Å². The predicted molar refractivity (Wildman–Crippen MR) is 70.8 cm³/mol. The van der Waals surface area contributed by atoms with E-state index in [4.69, 9.17) is 0 Å². The van der Waals surface area contributed by atoms with E-state index in [9.17, 15) is 4.39 Å². The van der Waals surface area contributed by atoms with Crippen LogP contribution in [0.5, 0.6) is 0 Å². The average Bonchev–Trinajstić information content (AvgIpc) is 2.76. The number of rotatable bonds is 2. The molecule has 18 heavy (non-hydrogen) atoms. The van der Waals surface area contributed by atoms with Crippen molar-refractivity contribution in [1.82, 2.24) is 4.98 Å². The minimum absolute atomic E-state index is 0.272. The lowest BCUT2D eigenvalue weighted by Gasteiger charge is -2.43. The summed E-state index contributed by atoms with van der Waals surface area (Å²) in [4.78, 5) is 3.92. The largest absolute Gasteiger partial charge is 0.380 e. The van der Waals surface area contributed by atoms with E-state index in [2.05, 4.69) is 31.1 Å². The lowest BCUT2D eigenvalue weighted by molar-refractivity contribution is 0.155. The summed E-state index contributed by atoms with van der Waals surface area (Å²) in [5, 5.41) is 3.54. The molecule has 0 radical (unpaired) electrons. The zero-order valence-corrected chi connectivity index (χ0v) is 11.3. The Bertz CT molecular complexity index is 467. The average molecular weight is 248 g/mol. The van der Waals surface area contributed by atoms with E-state index in [0.29, 0.717) is 11.5 Å². The van der Waals surface area contributed by atoms with Crippen LogP contribution >= 0.6 is 0 Å². The molecule has 1 unspecified atom stereocenters. The molecular formula is C15H21FN2. The molecule has 1 aromatic heterocycles. The highest BCUT2D eigenvalue weighted by molar-refractivity contribution is 5.43. The normalized spacial score (nSPS) is 36.9. The van der Waals surface area contributed by atoms with E-state index in [0.717, 1.165) is 11.6 Å². The van der Waals surface area contributed by atoms with Crippen LogP contribution in [0.3, 0.4) is 0 Å². The van der Waals surface area contributed by atoms with Gasteiger partial charge in [0.1, 0.15) is 5.82 Å². The third kappa shape index (κ3) is 1.63. The van der Waals surface area contributed by atoms with Crippen molar-refractivity contribution in [3.8, 4) is 0 Å². The molecule has 98 valence electrons. The first kappa shape index (κ1) is 11.9. The second-order valence-corrected chi connectivity index (χ2v) is 6.88. The number of nitrogens with zero attached hydrogens (tertiary/aromatic N) is 1. The Morgan fingerprint density at radius 1 is 1.33 bits per heavy atom. The number of halogens is 1. The molecule has 2 saturated carbocycles. The summed E-state index contributed by atoms with van der Waals surface area (Å²) in [6.07, 6.45) is 6.87. The van der Waals surface area contributed by atoms with Crippen LogP contribution in [0, 0.1) is 22.6 Å². The first-order valence-electron chi connectivity index (χ1n) is 6.79. The molecule has 0 saturated heterocycles. The first-order chi connectivity index (χ1) is 8.42. The van der Waals surface area contributed by atoms with Crippen molar-refractivity contribution in [2.45, 2.75) is 46.1 Å². The molecule has 0 aromatic carbocycles. The van der Waals surface area contributed by atoms with Crippen LogP contribution in [-0.2, 0) is 0 Å². The summed E-state index contributed by atoms with van der Waals surface area (Å²) in [7, 11) is 0. The standard InChI is InChI=1S/C15H21FN2/c1-14(2)10-4-5-15(3,7-10)13(14)18-12-6-11(16)8-17-9-12/h6,8-10,13,18H,4-5,7H2,1-3H3/t10-,13?,15+/m0/s1. The Balaban J connectivity index is 1.88. The zero-order chi connectivity index (χ0) is 13.0. The molecule has 2 aliphatic carbocycles. The lowest BCUT2D eigenvalue weighted by atomic mass is 9.68. The fourth-order valence-corrected chi connectivity index (χ4v) is 4.32. The second kappa shape index (κ2) is 3.69. The molecule has 0 spiro atoms. The topological polar surface area (TPSA) is 24.9 Å². The third-order valence-electron chi connectivity index (χ3n) is 5.29. The summed E-state index contributed by atoms with van der Waals surface area (Å²) in [6, 6.07) is 1.95. The number of fused-ring (bicyclic) bond motifs is 2. The van der Waals surface area contributed by atoms with Gasteiger partial charge in [-0.25, -0.2) is 4.39 Å². The maximum absolute atomic E-state index is 13.2. The molecule has 2 bridgehead atoms. The van der Waals surface area contributed by atoms with Gasteiger partial charge in [-0.2, -0.15) is 0 Å². The molecular weight excluding hydrogens is 227 g/mol. The van der Waals surface area contributed by atoms with Gasteiger partial charge in [0.25, 0.3) is 0 Å². The molecule has 1 heterocycles.